The Morgan fingerprint density at radius 3 is 2.95 bits per heavy atom. The molecule has 1 N–H and O–H groups in total. The number of hydrogen-bond donors (Lipinski definition) is 1. The van der Waals surface area contributed by atoms with Gasteiger partial charge in [0.1, 0.15) is 12.6 Å². The normalized spacial score (nSPS) is 23.4. The second-order valence-electron chi connectivity index (χ2n) is 4.36. The van der Waals surface area contributed by atoms with E-state index in [2.05, 4.69) is 4.98 Å². The van der Waals surface area contributed by atoms with Crippen LogP contribution in [0.25, 0.3) is 0 Å². The van der Waals surface area contributed by atoms with E-state index < -0.39 is 18.1 Å². The zero-order valence-corrected chi connectivity index (χ0v) is 10.7. The first-order valence-electron chi connectivity index (χ1n) is 6.20. The van der Waals surface area contributed by atoms with Crippen LogP contribution in [0, 0.1) is 0 Å². The zero-order valence-electron chi connectivity index (χ0n) is 10.7. The molecule has 0 spiro atoms. The highest BCUT2D eigenvalue weighted by Crippen LogP contribution is 2.29. The Morgan fingerprint density at radius 1 is 1.58 bits per heavy atom. The number of pyridine rings is 1. The summed E-state index contributed by atoms with van der Waals surface area (Å²) in [7, 11) is 0. The van der Waals surface area contributed by atoms with Crippen molar-refractivity contribution in [2.24, 2.45) is 0 Å². The maximum absolute atomic E-state index is 11.9. The Kier molecular flexibility index (Phi) is 4.11. The van der Waals surface area contributed by atoms with Gasteiger partial charge in [-0.3, -0.25) is 9.78 Å². The van der Waals surface area contributed by atoms with E-state index in [1.165, 1.54) is 0 Å². The van der Waals surface area contributed by atoms with E-state index in [1.807, 2.05) is 6.92 Å². The monoisotopic (exact) mass is 264 g/mol. The second kappa shape index (κ2) is 5.79. The molecule has 0 aromatic carbocycles. The summed E-state index contributed by atoms with van der Waals surface area (Å²) in [6, 6.07) is 4.56. The van der Waals surface area contributed by atoms with E-state index in [0.717, 1.165) is 6.42 Å². The number of hydrogen-bond acceptors (Lipinski definition) is 4. The van der Waals surface area contributed by atoms with Gasteiger partial charge in [0.25, 0.3) is 0 Å². The fourth-order valence-electron chi connectivity index (χ4n) is 2.23. The van der Waals surface area contributed by atoms with Crippen molar-refractivity contribution in [3.63, 3.8) is 0 Å². The van der Waals surface area contributed by atoms with Gasteiger partial charge in [-0.2, -0.15) is 0 Å². The van der Waals surface area contributed by atoms with E-state index >= 15 is 0 Å². The van der Waals surface area contributed by atoms with Gasteiger partial charge in [-0.25, -0.2) is 4.79 Å². The molecular weight excluding hydrogens is 248 g/mol. The van der Waals surface area contributed by atoms with Gasteiger partial charge in [-0.1, -0.05) is 13.0 Å². The molecule has 1 fully saturated rings. The smallest absolute Gasteiger partial charge is 0.335 e. The van der Waals surface area contributed by atoms with Crippen molar-refractivity contribution >= 4 is 11.9 Å². The maximum Gasteiger partial charge on any atom is 0.335 e. The lowest BCUT2D eigenvalue weighted by Gasteiger charge is -2.38. The molecule has 102 valence electrons. The van der Waals surface area contributed by atoms with E-state index in [0.29, 0.717) is 12.2 Å². The third-order valence-corrected chi connectivity index (χ3v) is 3.03. The van der Waals surface area contributed by atoms with Gasteiger partial charge in [0.15, 0.2) is 6.10 Å². The van der Waals surface area contributed by atoms with Crippen LogP contribution in [0.1, 0.15) is 25.1 Å². The topological polar surface area (TPSA) is 79.7 Å². The summed E-state index contributed by atoms with van der Waals surface area (Å²) in [5.41, 5.74) is 0.538. The van der Waals surface area contributed by atoms with Crippen LogP contribution in [0.3, 0.4) is 0 Å². The molecular formula is C13H16N2O4. The number of carbonyl (C=O) groups excluding carboxylic acids is 1. The summed E-state index contributed by atoms with van der Waals surface area (Å²) in [6.45, 7) is 2.24. The minimum atomic E-state index is -1.08. The highest BCUT2D eigenvalue weighted by molar-refractivity contribution is 5.82. The van der Waals surface area contributed by atoms with Crippen molar-refractivity contribution in [2.45, 2.75) is 25.5 Å². The van der Waals surface area contributed by atoms with Crippen molar-refractivity contribution < 1.29 is 19.4 Å². The number of aromatic nitrogens is 1. The predicted octanol–water partition coefficient (Wildman–Crippen LogP) is 0.845. The average Bonchev–Trinajstić information content (AvgIpc) is 2.41. The van der Waals surface area contributed by atoms with Gasteiger partial charge in [-0.15, -0.1) is 0 Å². The molecule has 2 heterocycles. The number of carboxylic acids is 1. The number of rotatable bonds is 4. The van der Waals surface area contributed by atoms with Crippen LogP contribution in [0.2, 0.25) is 0 Å². The van der Waals surface area contributed by atoms with Gasteiger partial charge < -0.3 is 14.7 Å². The number of nitrogens with zero attached hydrogens (tertiary/aromatic N) is 2. The number of carbonyl (C=O) groups is 2. The Morgan fingerprint density at radius 2 is 2.37 bits per heavy atom. The maximum atomic E-state index is 11.9. The summed E-state index contributed by atoms with van der Waals surface area (Å²) < 4.78 is 5.16. The third kappa shape index (κ3) is 2.73. The van der Waals surface area contributed by atoms with Crippen LogP contribution in [0.5, 0.6) is 0 Å². The molecule has 1 aromatic heterocycles. The molecule has 6 nitrogen and oxygen atoms in total. The number of aliphatic carboxylic acids is 1. The molecule has 0 bridgehead atoms. The molecule has 1 amide bonds. The molecule has 1 aromatic rings. The van der Waals surface area contributed by atoms with E-state index in [-0.39, 0.29) is 12.5 Å². The van der Waals surface area contributed by atoms with Crippen LogP contribution in [-0.2, 0) is 14.3 Å². The summed E-state index contributed by atoms with van der Waals surface area (Å²) in [5.74, 6) is -1.28. The molecule has 0 radical (unpaired) electrons. The van der Waals surface area contributed by atoms with Crippen LogP contribution in [0.4, 0.5) is 0 Å². The molecule has 2 rings (SSSR count). The SMILES string of the molecule is CCCN1C(=O)COC(C(=O)O)C1c1ccccn1. The summed E-state index contributed by atoms with van der Waals surface area (Å²) in [6.07, 6.45) is 1.26. The average molecular weight is 264 g/mol. The molecule has 0 saturated carbocycles. The van der Waals surface area contributed by atoms with Crippen molar-refractivity contribution in [2.75, 3.05) is 13.2 Å². The Hall–Kier alpha value is -1.95. The molecule has 1 saturated heterocycles. The minimum Gasteiger partial charge on any atom is -0.479 e. The van der Waals surface area contributed by atoms with Gasteiger partial charge in [-0.05, 0) is 18.6 Å². The molecule has 1 aliphatic rings. The highest BCUT2D eigenvalue weighted by Gasteiger charge is 2.42. The molecule has 2 atom stereocenters. The van der Waals surface area contributed by atoms with E-state index in [1.54, 1.807) is 29.3 Å². The fraction of sp³-hybridized carbons (Fsp3) is 0.462. The van der Waals surface area contributed by atoms with Crippen molar-refractivity contribution in [1.29, 1.82) is 0 Å². The quantitative estimate of drug-likeness (QED) is 0.871. The number of ether oxygens (including phenoxy) is 1. The van der Waals surface area contributed by atoms with Crippen LogP contribution >= 0.6 is 0 Å². The Bertz CT molecular complexity index is 463. The number of morpholine rings is 1. The lowest BCUT2D eigenvalue weighted by molar-refractivity contribution is -0.173. The first-order chi connectivity index (χ1) is 9.15. The fourth-order valence-corrected chi connectivity index (χ4v) is 2.23. The molecule has 2 unspecified atom stereocenters. The Balaban J connectivity index is 2.38. The largest absolute Gasteiger partial charge is 0.479 e. The van der Waals surface area contributed by atoms with Gasteiger partial charge in [0.2, 0.25) is 5.91 Å². The van der Waals surface area contributed by atoms with Crippen LogP contribution in [-0.4, -0.2) is 46.1 Å². The molecule has 6 heteroatoms. The minimum absolute atomic E-state index is 0.194. The van der Waals surface area contributed by atoms with Crippen molar-refractivity contribution in [1.82, 2.24) is 9.88 Å². The highest BCUT2D eigenvalue weighted by atomic mass is 16.5. The van der Waals surface area contributed by atoms with Crippen molar-refractivity contribution in [3.05, 3.63) is 30.1 Å². The van der Waals surface area contributed by atoms with Gasteiger partial charge in [0, 0.05) is 12.7 Å². The van der Waals surface area contributed by atoms with E-state index in [9.17, 15) is 14.7 Å². The first-order valence-corrected chi connectivity index (χ1v) is 6.20. The second-order valence-corrected chi connectivity index (χ2v) is 4.36. The molecule has 19 heavy (non-hydrogen) atoms. The summed E-state index contributed by atoms with van der Waals surface area (Å²) in [5, 5.41) is 9.25. The standard InChI is InChI=1S/C13H16N2O4/c1-2-7-15-10(16)8-19-12(13(17)18)11(15)9-5-3-4-6-14-9/h3-6,11-12H,2,7-8H2,1H3,(H,17,18). The predicted molar refractivity (Wildman–Crippen MR) is 66.4 cm³/mol. The van der Waals surface area contributed by atoms with Gasteiger partial charge >= 0.3 is 5.97 Å². The number of amides is 1. The number of carboxylic acid groups (broad SMARTS) is 1. The van der Waals surface area contributed by atoms with Crippen LogP contribution in [0.15, 0.2) is 24.4 Å². The molecule has 0 aliphatic carbocycles. The Labute approximate surface area is 111 Å². The van der Waals surface area contributed by atoms with Crippen LogP contribution < -0.4 is 0 Å². The molecule has 1 aliphatic heterocycles. The zero-order chi connectivity index (χ0) is 13.8. The summed E-state index contributed by atoms with van der Waals surface area (Å²) >= 11 is 0. The van der Waals surface area contributed by atoms with Gasteiger partial charge in [0.05, 0.1) is 5.69 Å². The lowest BCUT2D eigenvalue weighted by Crippen LogP contribution is -2.52. The third-order valence-electron chi connectivity index (χ3n) is 3.03. The van der Waals surface area contributed by atoms with Crippen molar-refractivity contribution in [3.8, 4) is 0 Å². The first kappa shape index (κ1) is 13.5. The summed E-state index contributed by atoms with van der Waals surface area (Å²) in [4.78, 5) is 28.9. The van der Waals surface area contributed by atoms with E-state index in [4.69, 9.17) is 4.74 Å². The lowest BCUT2D eigenvalue weighted by atomic mass is 10.0.